The first-order valence-corrected chi connectivity index (χ1v) is 15.2. The Labute approximate surface area is 258 Å². The molecule has 4 heterocycles. The molecule has 0 radical (unpaired) electrons. The van der Waals surface area contributed by atoms with E-state index in [0.717, 1.165) is 15.2 Å². The standard InChI is InChI=1S/C32H33FN6O4S/c1-18-25(41-21-6-10-26-24(16-21)36-19(2)44-26)9-7-22(28(18)33)37-30-29-23(34-17-35-30)8-11-27(38-29)42-20-12-14-39(15-13-20)31(40)43-32(3,4)5/h6-11,16-17,20H,12-15H2,1-5H3,(H,34,35,37). The van der Waals surface area contributed by atoms with E-state index < -0.39 is 11.4 Å². The molecule has 3 aromatic heterocycles. The number of likely N-dealkylation sites (tertiary alicyclic amines) is 1. The lowest BCUT2D eigenvalue weighted by Gasteiger charge is -2.33. The van der Waals surface area contributed by atoms with Crippen LogP contribution >= 0.6 is 11.3 Å². The second-order valence-electron chi connectivity index (χ2n) is 11.7. The summed E-state index contributed by atoms with van der Waals surface area (Å²) in [5.74, 6) is 1.26. The molecule has 0 bridgehead atoms. The maximum absolute atomic E-state index is 15.6. The van der Waals surface area contributed by atoms with Gasteiger partial charge in [-0.2, -0.15) is 0 Å². The van der Waals surface area contributed by atoms with Gasteiger partial charge in [0.2, 0.25) is 5.88 Å². The summed E-state index contributed by atoms with van der Waals surface area (Å²) in [5.41, 5.74) is 1.90. The van der Waals surface area contributed by atoms with Gasteiger partial charge in [0.05, 0.1) is 26.4 Å². The summed E-state index contributed by atoms with van der Waals surface area (Å²) in [5, 5.41) is 4.05. The predicted molar refractivity (Wildman–Crippen MR) is 168 cm³/mol. The number of nitrogens with one attached hydrogen (secondary N) is 1. The monoisotopic (exact) mass is 616 g/mol. The highest BCUT2D eigenvalue weighted by Gasteiger charge is 2.28. The average Bonchev–Trinajstić information content (AvgIpc) is 3.36. The molecule has 0 spiro atoms. The van der Waals surface area contributed by atoms with E-state index in [1.807, 2.05) is 45.9 Å². The van der Waals surface area contributed by atoms with Crippen LogP contribution in [-0.4, -0.2) is 55.7 Å². The van der Waals surface area contributed by atoms with Gasteiger partial charge in [-0.1, -0.05) is 0 Å². The van der Waals surface area contributed by atoms with Gasteiger partial charge in [0.25, 0.3) is 0 Å². The number of anilines is 2. The SMILES string of the molecule is Cc1nc2cc(Oc3ccc(Nc4ncnc5ccc(OC6CCN(C(=O)OC(C)(C)C)CC6)nc45)c(F)c3C)ccc2s1. The number of hydrogen-bond acceptors (Lipinski definition) is 10. The van der Waals surface area contributed by atoms with Crippen LogP contribution in [0.5, 0.6) is 17.4 Å². The molecule has 2 aromatic carbocycles. The summed E-state index contributed by atoms with van der Waals surface area (Å²) in [7, 11) is 0. The zero-order valence-electron chi connectivity index (χ0n) is 25.2. The molecule has 0 saturated carbocycles. The molecule has 228 valence electrons. The fraction of sp³-hybridized carbons (Fsp3) is 0.344. The van der Waals surface area contributed by atoms with Gasteiger partial charge < -0.3 is 24.4 Å². The van der Waals surface area contributed by atoms with E-state index in [1.54, 1.807) is 47.4 Å². The smallest absolute Gasteiger partial charge is 0.410 e. The number of piperidine rings is 1. The molecule has 6 rings (SSSR count). The molecule has 0 unspecified atom stereocenters. The number of aryl methyl sites for hydroxylation is 1. The summed E-state index contributed by atoms with van der Waals surface area (Å²) in [6.07, 6.45) is 2.25. The molecule has 1 N–H and O–H groups in total. The normalized spacial score (nSPS) is 14.2. The van der Waals surface area contributed by atoms with Crippen molar-refractivity contribution in [2.75, 3.05) is 18.4 Å². The molecule has 12 heteroatoms. The maximum atomic E-state index is 15.6. The van der Waals surface area contributed by atoms with Crippen molar-refractivity contribution >= 4 is 50.2 Å². The van der Waals surface area contributed by atoms with Gasteiger partial charge in [0.15, 0.2) is 11.6 Å². The lowest BCUT2D eigenvalue weighted by molar-refractivity contribution is 0.0123. The number of carbonyl (C=O) groups is 1. The van der Waals surface area contributed by atoms with Crippen LogP contribution in [0.25, 0.3) is 21.3 Å². The highest BCUT2D eigenvalue weighted by atomic mass is 32.1. The van der Waals surface area contributed by atoms with Crippen LogP contribution in [0.1, 0.15) is 44.2 Å². The van der Waals surface area contributed by atoms with Gasteiger partial charge in [-0.25, -0.2) is 29.1 Å². The molecule has 1 aliphatic heterocycles. The fourth-order valence-corrected chi connectivity index (χ4v) is 5.76. The Morgan fingerprint density at radius 3 is 2.59 bits per heavy atom. The third-order valence-electron chi connectivity index (χ3n) is 7.12. The second kappa shape index (κ2) is 11.8. The van der Waals surface area contributed by atoms with E-state index >= 15 is 4.39 Å². The van der Waals surface area contributed by atoms with Gasteiger partial charge in [-0.15, -0.1) is 11.3 Å². The molecule has 0 atom stereocenters. The van der Waals surface area contributed by atoms with Crippen LogP contribution in [0.2, 0.25) is 0 Å². The summed E-state index contributed by atoms with van der Waals surface area (Å²) in [6.45, 7) is 10.2. The lowest BCUT2D eigenvalue weighted by Crippen LogP contribution is -2.44. The van der Waals surface area contributed by atoms with Crippen molar-refractivity contribution in [1.29, 1.82) is 0 Å². The van der Waals surface area contributed by atoms with Crippen molar-refractivity contribution in [3.8, 4) is 17.4 Å². The Balaban J connectivity index is 1.15. The minimum Gasteiger partial charge on any atom is -0.474 e. The number of fused-ring (bicyclic) bond motifs is 2. The number of amides is 1. The number of carbonyl (C=O) groups excluding carboxylic acids is 1. The van der Waals surface area contributed by atoms with E-state index in [2.05, 4.69) is 25.3 Å². The Bertz CT molecular complexity index is 1850. The minimum absolute atomic E-state index is 0.118. The maximum Gasteiger partial charge on any atom is 0.410 e. The summed E-state index contributed by atoms with van der Waals surface area (Å²) in [6, 6.07) is 12.5. The number of thiazole rings is 1. The van der Waals surface area contributed by atoms with Gasteiger partial charge in [-0.3, -0.25) is 0 Å². The minimum atomic E-state index is -0.540. The largest absolute Gasteiger partial charge is 0.474 e. The van der Waals surface area contributed by atoms with Crippen LogP contribution in [0.15, 0.2) is 48.8 Å². The number of halogens is 1. The number of ether oxygens (including phenoxy) is 3. The molecular weight excluding hydrogens is 583 g/mol. The molecule has 1 saturated heterocycles. The van der Waals surface area contributed by atoms with E-state index in [9.17, 15) is 4.79 Å². The molecule has 10 nitrogen and oxygen atoms in total. The van der Waals surface area contributed by atoms with Crippen molar-refractivity contribution in [3.63, 3.8) is 0 Å². The van der Waals surface area contributed by atoms with Crippen LogP contribution in [-0.2, 0) is 4.74 Å². The van der Waals surface area contributed by atoms with E-state index in [0.29, 0.717) is 65.7 Å². The number of nitrogens with zero attached hydrogens (tertiary/aromatic N) is 5. The number of benzene rings is 2. The molecule has 5 aromatic rings. The third kappa shape index (κ3) is 6.49. The molecule has 1 aliphatic rings. The van der Waals surface area contributed by atoms with Crippen molar-refractivity contribution in [2.45, 2.75) is 59.2 Å². The third-order valence-corrected chi connectivity index (χ3v) is 8.07. The summed E-state index contributed by atoms with van der Waals surface area (Å²) < 4.78 is 34.3. The van der Waals surface area contributed by atoms with Gasteiger partial charge in [-0.05, 0) is 65.0 Å². The first-order chi connectivity index (χ1) is 21.0. The van der Waals surface area contributed by atoms with Gasteiger partial charge in [0.1, 0.15) is 35.0 Å². The Morgan fingerprint density at radius 2 is 1.82 bits per heavy atom. The number of hydrogen-bond donors (Lipinski definition) is 1. The summed E-state index contributed by atoms with van der Waals surface area (Å²) in [4.78, 5) is 31.9. The number of pyridine rings is 1. The highest BCUT2D eigenvalue weighted by molar-refractivity contribution is 7.18. The molecule has 0 aliphatic carbocycles. The van der Waals surface area contributed by atoms with Crippen LogP contribution < -0.4 is 14.8 Å². The number of rotatable bonds is 6. The topological polar surface area (TPSA) is 112 Å². The van der Waals surface area contributed by atoms with Crippen molar-refractivity contribution in [3.05, 3.63) is 65.2 Å². The van der Waals surface area contributed by atoms with Gasteiger partial charge in [0, 0.05) is 43.6 Å². The zero-order chi connectivity index (χ0) is 31.0. The van der Waals surface area contributed by atoms with Crippen molar-refractivity contribution < 1.29 is 23.4 Å². The van der Waals surface area contributed by atoms with E-state index in [1.165, 1.54) is 6.33 Å². The average molecular weight is 617 g/mol. The number of aromatic nitrogens is 4. The highest BCUT2D eigenvalue weighted by Crippen LogP contribution is 2.34. The van der Waals surface area contributed by atoms with Gasteiger partial charge >= 0.3 is 6.09 Å². The lowest BCUT2D eigenvalue weighted by atomic mass is 10.1. The molecular formula is C32H33FN6O4S. The predicted octanol–water partition coefficient (Wildman–Crippen LogP) is 7.70. The first-order valence-electron chi connectivity index (χ1n) is 14.4. The van der Waals surface area contributed by atoms with Crippen LogP contribution in [0, 0.1) is 19.7 Å². The summed E-state index contributed by atoms with van der Waals surface area (Å²) >= 11 is 1.61. The van der Waals surface area contributed by atoms with E-state index in [4.69, 9.17) is 14.2 Å². The van der Waals surface area contributed by atoms with Crippen molar-refractivity contribution in [2.24, 2.45) is 0 Å². The fourth-order valence-electron chi connectivity index (χ4n) is 4.95. The quantitative estimate of drug-likeness (QED) is 0.205. The van der Waals surface area contributed by atoms with Crippen LogP contribution in [0.4, 0.5) is 20.7 Å². The Kier molecular flexibility index (Phi) is 7.93. The molecule has 1 amide bonds. The zero-order valence-corrected chi connectivity index (χ0v) is 26.0. The second-order valence-corrected chi connectivity index (χ2v) is 12.9. The molecule has 1 fully saturated rings. The Morgan fingerprint density at radius 1 is 1.02 bits per heavy atom. The Hall–Kier alpha value is -4.58. The molecule has 44 heavy (non-hydrogen) atoms. The van der Waals surface area contributed by atoms with Crippen LogP contribution in [0.3, 0.4) is 0 Å². The van der Waals surface area contributed by atoms with E-state index in [-0.39, 0.29) is 17.9 Å². The first kappa shape index (κ1) is 29.5. The van der Waals surface area contributed by atoms with Crippen molar-refractivity contribution in [1.82, 2.24) is 24.8 Å².